The van der Waals surface area contributed by atoms with Gasteiger partial charge in [-0.2, -0.15) is 0 Å². The van der Waals surface area contributed by atoms with E-state index in [0.29, 0.717) is 29.7 Å². The molecule has 1 amide bonds. The predicted octanol–water partition coefficient (Wildman–Crippen LogP) is 3.81. The number of sulfonamides is 1. The molecule has 1 aliphatic rings. The molecule has 0 atom stereocenters. The lowest BCUT2D eigenvalue weighted by Crippen LogP contribution is -2.25. The summed E-state index contributed by atoms with van der Waals surface area (Å²) in [6.07, 6.45) is 3.63. The van der Waals surface area contributed by atoms with E-state index in [9.17, 15) is 17.6 Å². The fraction of sp³-hybridized carbons (Fsp3) is 0.286. The smallest absolute Gasteiger partial charge is 0.251 e. The number of hydrogen-bond acceptors (Lipinski definition) is 6. The Morgan fingerprint density at radius 2 is 1.97 bits per heavy atom. The summed E-state index contributed by atoms with van der Waals surface area (Å²) in [6, 6.07) is 3.94. The molecule has 3 aromatic rings. The van der Waals surface area contributed by atoms with Crippen LogP contribution in [0.1, 0.15) is 48.3 Å². The minimum atomic E-state index is -3.51. The van der Waals surface area contributed by atoms with E-state index in [0.717, 1.165) is 17.5 Å². The number of amides is 1. The molecule has 1 aromatic carbocycles. The second-order valence-corrected chi connectivity index (χ2v) is 10.9. The Bertz CT molecular complexity index is 1320. The van der Waals surface area contributed by atoms with Gasteiger partial charge in [-0.05, 0) is 44.4 Å². The summed E-state index contributed by atoms with van der Waals surface area (Å²) >= 11 is 1.08. The van der Waals surface area contributed by atoms with Crippen molar-refractivity contribution in [1.29, 1.82) is 0 Å². The van der Waals surface area contributed by atoms with Gasteiger partial charge in [0.2, 0.25) is 10.0 Å². The molecule has 1 fully saturated rings. The van der Waals surface area contributed by atoms with Crippen molar-refractivity contribution in [1.82, 2.24) is 9.97 Å². The number of benzene rings is 1. The SMILES string of the molecule is CC(C)(c1csc(NS(=O)(=O)C2CC2)n1)c1c(-c2cncc(F)c2)ccc(C(N)=O)c1F. The zero-order valence-electron chi connectivity index (χ0n) is 17.2. The highest BCUT2D eigenvalue weighted by atomic mass is 32.2. The van der Waals surface area contributed by atoms with Crippen molar-refractivity contribution >= 4 is 32.4 Å². The Morgan fingerprint density at radius 1 is 1.25 bits per heavy atom. The first-order valence-corrected chi connectivity index (χ1v) is 12.1. The minimum Gasteiger partial charge on any atom is -0.366 e. The first kappa shape index (κ1) is 22.3. The molecule has 32 heavy (non-hydrogen) atoms. The van der Waals surface area contributed by atoms with Crippen LogP contribution in [0.2, 0.25) is 0 Å². The molecule has 168 valence electrons. The van der Waals surface area contributed by atoms with E-state index < -0.39 is 38.2 Å². The highest BCUT2D eigenvalue weighted by Gasteiger charge is 2.37. The Balaban J connectivity index is 1.83. The van der Waals surface area contributed by atoms with Crippen molar-refractivity contribution < 1.29 is 22.0 Å². The number of rotatable bonds is 7. The molecule has 1 aliphatic carbocycles. The van der Waals surface area contributed by atoms with Crippen LogP contribution in [-0.2, 0) is 15.4 Å². The van der Waals surface area contributed by atoms with Gasteiger partial charge < -0.3 is 5.73 Å². The summed E-state index contributed by atoms with van der Waals surface area (Å²) in [6.45, 7) is 3.36. The lowest BCUT2D eigenvalue weighted by Gasteiger charge is -2.27. The second kappa shape index (κ2) is 7.89. The predicted molar refractivity (Wildman–Crippen MR) is 118 cm³/mol. The fourth-order valence-corrected chi connectivity index (χ4v) is 5.97. The molecule has 0 unspecified atom stereocenters. The Labute approximate surface area is 187 Å². The molecule has 0 bridgehead atoms. The monoisotopic (exact) mass is 478 g/mol. The maximum Gasteiger partial charge on any atom is 0.251 e. The Kier molecular flexibility index (Phi) is 5.49. The van der Waals surface area contributed by atoms with E-state index in [2.05, 4.69) is 14.7 Å². The van der Waals surface area contributed by atoms with Crippen LogP contribution in [0.5, 0.6) is 0 Å². The van der Waals surface area contributed by atoms with Crippen LogP contribution in [0, 0.1) is 11.6 Å². The summed E-state index contributed by atoms with van der Waals surface area (Å²) in [5.41, 5.74) is 4.98. The average molecular weight is 479 g/mol. The van der Waals surface area contributed by atoms with Gasteiger partial charge in [-0.25, -0.2) is 22.2 Å². The van der Waals surface area contributed by atoms with Gasteiger partial charge in [0.1, 0.15) is 11.6 Å². The third-order valence-corrected chi connectivity index (χ3v) is 8.10. The Hall–Kier alpha value is -2.92. The van der Waals surface area contributed by atoms with E-state index in [4.69, 9.17) is 5.73 Å². The number of carbonyl (C=O) groups excluding carboxylic acids is 1. The molecular weight excluding hydrogens is 458 g/mol. The van der Waals surface area contributed by atoms with Crippen LogP contribution < -0.4 is 10.5 Å². The van der Waals surface area contributed by atoms with Gasteiger partial charge in [-0.15, -0.1) is 11.3 Å². The number of thiazole rings is 1. The Morgan fingerprint density at radius 3 is 2.59 bits per heavy atom. The number of primary amides is 1. The number of anilines is 1. The summed E-state index contributed by atoms with van der Waals surface area (Å²) in [5, 5.41) is 1.37. The van der Waals surface area contributed by atoms with Gasteiger partial charge in [0, 0.05) is 28.1 Å². The van der Waals surface area contributed by atoms with E-state index in [1.807, 2.05) is 0 Å². The van der Waals surface area contributed by atoms with E-state index in [-0.39, 0.29) is 16.3 Å². The number of hydrogen-bond donors (Lipinski definition) is 2. The van der Waals surface area contributed by atoms with Crippen molar-refractivity contribution in [3.8, 4) is 11.1 Å². The molecule has 0 aliphatic heterocycles. The highest BCUT2D eigenvalue weighted by Crippen LogP contribution is 2.42. The number of aromatic nitrogens is 2. The number of carbonyl (C=O) groups is 1. The van der Waals surface area contributed by atoms with Crippen LogP contribution in [0.15, 0.2) is 36.0 Å². The van der Waals surface area contributed by atoms with Crippen LogP contribution >= 0.6 is 11.3 Å². The minimum absolute atomic E-state index is 0.0723. The lowest BCUT2D eigenvalue weighted by atomic mass is 9.77. The van der Waals surface area contributed by atoms with Gasteiger partial charge in [0.15, 0.2) is 5.13 Å². The number of nitrogens with zero attached hydrogens (tertiary/aromatic N) is 2. The average Bonchev–Trinajstić information content (AvgIpc) is 3.48. The summed E-state index contributed by atoms with van der Waals surface area (Å²) in [5.74, 6) is -2.40. The summed E-state index contributed by atoms with van der Waals surface area (Å²) in [4.78, 5) is 20.0. The maximum absolute atomic E-state index is 15.6. The van der Waals surface area contributed by atoms with Crippen molar-refractivity contribution in [3.63, 3.8) is 0 Å². The largest absolute Gasteiger partial charge is 0.366 e. The first-order valence-electron chi connectivity index (χ1n) is 9.72. The zero-order chi connectivity index (χ0) is 23.3. The number of pyridine rings is 1. The van der Waals surface area contributed by atoms with Crippen LogP contribution in [0.4, 0.5) is 13.9 Å². The van der Waals surface area contributed by atoms with E-state index in [1.54, 1.807) is 19.2 Å². The third-order valence-electron chi connectivity index (χ3n) is 5.39. The molecule has 0 spiro atoms. The zero-order valence-corrected chi connectivity index (χ0v) is 18.9. The summed E-state index contributed by atoms with van der Waals surface area (Å²) in [7, 11) is -3.51. The first-order chi connectivity index (χ1) is 15.0. The number of nitrogens with two attached hydrogens (primary N) is 1. The molecule has 11 heteroatoms. The van der Waals surface area contributed by atoms with Crippen molar-refractivity contribution in [2.24, 2.45) is 5.73 Å². The standard InChI is InChI=1S/C21H20F2N4O3S2/c1-21(2,16-10-31-20(26-16)27-32(29,30)13-3-4-13)17-14(11-7-12(22)9-25-8-11)5-6-15(18(17)23)19(24)28/h5-10,13H,3-4H2,1-2H3,(H2,24,28)(H,26,27). The van der Waals surface area contributed by atoms with Gasteiger partial charge in [0.25, 0.3) is 5.91 Å². The molecule has 7 nitrogen and oxygen atoms in total. The van der Waals surface area contributed by atoms with Gasteiger partial charge in [-0.1, -0.05) is 6.07 Å². The molecule has 0 radical (unpaired) electrons. The van der Waals surface area contributed by atoms with Crippen LogP contribution in [0.25, 0.3) is 11.1 Å². The van der Waals surface area contributed by atoms with E-state index in [1.165, 1.54) is 24.4 Å². The molecule has 0 saturated heterocycles. The molecule has 2 heterocycles. The van der Waals surface area contributed by atoms with Crippen molar-refractivity contribution in [3.05, 3.63) is 64.4 Å². The van der Waals surface area contributed by atoms with Gasteiger partial charge in [-0.3, -0.25) is 14.5 Å². The maximum atomic E-state index is 15.6. The lowest BCUT2D eigenvalue weighted by molar-refractivity contribution is 0.0996. The molecular formula is C21H20F2N4O3S2. The van der Waals surface area contributed by atoms with Gasteiger partial charge >= 0.3 is 0 Å². The van der Waals surface area contributed by atoms with E-state index >= 15 is 4.39 Å². The van der Waals surface area contributed by atoms with Crippen LogP contribution in [-0.4, -0.2) is 29.5 Å². The second-order valence-electron chi connectivity index (χ2n) is 8.12. The molecule has 1 saturated carbocycles. The topological polar surface area (TPSA) is 115 Å². The van der Waals surface area contributed by atoms with Gasteiger partial charge in [0.05, 0.1) is 22.7 Å². The third kappa shape index (κ3) is 4.09. The fourth-order valence-electron chi connectivity index (χ4n) is 3.50. The number of nitrogens with one attached hydrogen (secondary N) is 1. The van der Waals surface area contributed by atoms with Crippen molar-refractivity contribution in [2.75, 3.05) is 4.72 Å². The normalized spacial score (nSPS) is 14.4. The molecule has 2 aromatic heterocycles. The number of halogens is 2. The van der Waals surface area contributed by atoms with Crippen LogP contribution in [0.3, 0.4) is 0 Å². The van der Waals surface area contributed by atoms with Crippen molar-refractivity contribution in [2.45, 2.75) is 37.4 Å². The quantitative estimate of drug-likeness (QED) is 0.536. The highest BCUT2D eigenvalue weighted by molar-refractivity contribution is 7.93. The molecule has 4 rings (SSSR count). The molecule has 3 N–H and O–H groups in total. The summed E-state index contributed by atoms with van der Waals surface area (Å²) < 4.78 is 56.4.